The van der Waals surface area contributed by atoms with Gasteiger partial charge in [-0.3, -0.25) is 4.90 Å². The molecule has 0 saturated heterocycles. The van der Waals surface area contributed by atoms with E-state index in [9.17, 15) is 26.3 Å². The SMILES string of the molecule is FC1=C(/C(=C(\Nc2ccccc2Cl)C(F)(F)F)C(F)(F)F)C(=Nc2ccccc2Cl)N1c1ccccc1Cl. The van der Waals surface area contributed by atoms with E-state index in [0.717, 1.165) is 6.07 Å². The third kappa shape index (κ3) is 5.48. The molecule has 1 aliphatic rings. The number of anilines is 2. The maximum absolute atomic E-state index is 15.6. The Bertz CT molecular complexity index is 1480. The van der Waals surface area contributed by atoms with Crippen molar-refractivity contribution in [2.75, 3.05) is 10.2 Å². The summed E-state index contributed by atoms with van der Waals surface area (Å²) in [4.78, 5) is 4.60. The molecule has 0 bridgehead atoms. The molecule has 3 aromatic carbocycles. The number of para-hydroxylation sites is 3. The molecule has 1 aliphatic heterocycles. The molecule has 0 unspecified atom stereocenters. The summed E-state index contributed by atoms with van der Waals surface area (Å²) >= 11 is 18.1. The number of aliphatic imine (C=N–C) groups is 1. The molecule has 0 aliphatic carbocycles. The highest BCUT2D eigenvalue weighted by Crippen LogP contribution is 2.49. The van der Waals surface area contributed by atoms with Crippen molar-refractivity contribution in [1.29, 1.82) is 0 Å². The molecule has 0 spiro atoms. The maximum Gasteiger partial charge on any atom is 0.431 e. The Balaban J connectivity index is 2.04. The van der Waals surface area contributed by atoms with Crippen LogP contribution in [0.3, 0.4) is 0 Å². The number of benzene rings is 3. The second-order valence-corrected chi connectivity index (χ2v) is 8.91. The molecule has 13 heteroatoms. The van der Waals surface area contributed by atoms with Crippen LogP contribution in [0.25, 0.3) is 0 Å². The summed E-state index contributed by atoms with van der Waals surface area (Å²) < 4.78 is 101. The quantitative estimate of drug-likeness (QED) is 0.235. The first-order valence-electron chi connectivity index (χ1n) is 10.5. The molecule has 0 aromatic heterocycles. The van der Waals surface area contributed by atoms with Crippen molar-refractivity contribution < 1.29 is 30.7 Å². The summed E-state index contributed by atoms with van der Waals surface area (Å²) in [5.41, 5.74) is -6.79. The number of hydrogen-bond donors (Lipinski definition) is 1. The van der Waals surface area contributed by atoms with Crippen LogP contribution in [0.15, 0.2) is 101 Å². The first kappa shape index (κ1) is 27.8. The van der Waals surface area contributed by atoms with Crippen LogP contribution in [-0.4, -0.2) is 18.2 Å². The fourth-order valence-corrected chi connectivity index (χ4v) is 4.15. The topological polar surface area (TPSA) is 27.6 Å². The second kappa shape index (κ2) is 10.5. The van der Waals surface area contributed by atoms with E-state index >= 15 is 4.39 Å². The van der Waals surface area contributed by atoms with Crippen LogP contribution >= 0.6 is 34.8 Å². The number of alkyl halides is 6. The Morgan fingerprint density at radius 2 is 1.26 bits per heavy atom. The molecular formula is C25H13Cl3F7N3. The highest BCUT2D eigenvalue weighted by molar-refractivity contribution is 6.36. The standard InChI is InChI=1S/C25H13Cl3F7N3/c26-13-7-1-4-10-16(13)36-21(25(33,34)35)20(24(30,31)32)19-22(29)38(18-12-6-3-9-15(18)28)23(19)37-17-11-5-2-8-14(17)27/h1-12,36H/b21-20+,37-23?. The van der Waals surface area contributed by atoms with Gasteiger partial charge in [0.15, 0.2) is 5.84 Å². The van der Waals surface area contributed by atoms with Crippen molar-refractivity contribution in [2.24, 2.45) is 4.99 Å². The van der Waals surface area contributed by atoms with Crippen molar-refractivity contribution >= 4 is 57.7 Å². The number of amidine groups is 1. The van der Waals surface area contributed by atoms with Crippen LogP contribution in [0.1, 0.15) is 0 Å². The van der Waals surface area contributed by atoms with Gasteiger partial charge in [0, 0.05) is 0 Å². The molecule has 3 aromatic rings. The van der Waals surface area contributed by atoms with E-state index in [2.05, 4.69) is 4.99 Å². The van der Waals surface area contributed by atoms with Gasteiger partial charge in [0.1, 0.15) is 5.70 Å². The Kier molecular flexibility index (Phi) is 7.69. The van der Waals surface area contributed by atoms with E-state index in [1.165, 1.54) is 66.7 Å². The molecule has 0 saturated carbocycles. The molecular weight excluding hydrogens is 582 g/mol. The molecule has 1 heterocycles. The lowest BCUT2D eigenvalue weighted by atomic mass is 9.95. The van der Waals surface area contributed by atoms with Crippen molar-refractivity contribution in [1.82, 2.24) is 0 Å². The molecule has 198 valence electrons. The fourth-order valence-electron chi connectivity index (χ4n) is 3.57. The molecule has 3 nitrogen and oxygen atoms in total. The van der Waals surface area contributed by atoms with E-state index in [1.54, 1.807) is 5.32 Å². The number of nitrogens with zero attached hydrogens (tertiary/aromatic N) is 2. The lowest BCUT2D eigenvalue weighted by Crippen LogP contribution is -2.45. The lowest BCUT2D eigenvalue weighted by molar-refractivity contribution is -0.112. The monoisotopic (exact) mass is 593 g/mol. The third-order valence-electron chi connectivity index (χ3n) is 5.21. The number of hydrogen-bond acceptors (Lipinski definition) is 2. The Labute approximate surface area is 226 Å². The van der Waals surface area contributed by atoms with Gasteiger partial charge in [-0.1, -0.05) is 71.2 Å². The normalized spacial score (nSPS) is 15.9. The van der Waals surface area contributed by atoms with Crippen LogP contribution < -0.4 is 10.2 Å². The van der Waals surface area contributed by atoms with Crippen LogP contribution in [0.5, 0.6) is 0 Å². The molecule has 0 atom stereocenters. The predicted octanol–water partition coefficient (Wildman–Crippen LogP) is 9.87. The lowest BCUT2D eigenvalue weighted by Gasteiger charge is -2.38. The van der Waals surface area contributed by atoms with Crippen molar-refractivity contribution in [3.8, 4) is 0 Å². The van der Waals surface area contributed by atoms with Crippen LogP contribution in [0.4, 0.5) is 47.8 Å². The van der Waals surface area contributed by atoms with Gasteiger partial charge >= 0.3 is 12.4 Å². The van der Waals surface area contributed by atoms with Crippen LogP contribution in [0, 0.1) is 0 Å². The van der Waals surface area contributed by atoms with Gasteiger partial charge in [-0.25, -0.2) is 4.99 Å². The Hall–Kier alpha value is -3.21. The minimum atomic E-state index is -5.69. The third-order valence-corrected chi connectivity index (χ3v) is 6.18. The van der Waals surface area contributed by atoms with E-state index in [0.29, 0.717) is 4.90 Å². The summed E-state index contributed by atoms with van der Waals surface area (Å²) in [5.74, 6) is -2.45. The summed E-state index contributed by atoms with van der Waals surface area (Å²) in [5, 5.41) is 1.29. The summed E-state index contributed by atoms with van der Waals surface area (Å²) in [7, 11) is 0. The smallest absolute Gasteiger partial charge is 0.350 e. The zero-order valence-electron chi connectivity index (χ0n) is 18.6. The van der Waals surface area contributed by atoms with Gasteiger partial charge in [0.2, 0.25) is 5.95 Å². The molecule has 38 heavy (non-hydrogen) atoms. The van der Waals surface area contributed by atoms with E-state index in [-0.39, 0.29) is 26.4 Å². The molecule has 0 amide bonds. The fraction of sp³-hybridized carbons (Fsp3) is 0.0800. The highest BCUT2D eigenvalue weighted by atomic mass is 35.5. The minimum Gasteiger partial charge on any atom is -0.350 e. The highest BCUT2D eigenvalue weighted by Gasteiger charge is 2.54. The van der Waals surface area contributed by atoms with Gasteiger partial charge in [-0.05, 0) is 36.4 Å². The number of nitrogens with one attached hydrogen (secondary N) is 1. The van der Waals surface area contributed by atoms with Gasteiger partial charge in [-0.15, -0.1) is 0 Å². The first-order valence-corrected chi connectivity index (χ1v) is 11.6. The van der Waals surface area contributed by atoms with Gasteiger partial charge < -0.3 is 5.32 Å². The van der Waals surface area contributed by atoms with Crippen molar-refractivity contribution in [3.05, 3.63) is 111 Å². The zero-order valence-corrected chi connectivity index (χ0v) is 20.9. The predicted molar refractivity (Wildman–Crippen MR) is 135 cm³/mol. The Morgan fingerprint density at radius 1 is 0.711 bits per heavy atom. The van der Waals surface area contributed by atoms with Crippen molar-refractivity contribution in [3.63, 3.8) is 0 Å². The summed E-state index contributed by atoms with van der Waals surface area (Å²) in [6.45, 7) is 0. The van der Waals surface area contributed by atoms with E-state index < -0.39 is 46.7 Å². The van der Waals surface area contributed by atoms with Gasteiger partial charge in [0.05, 0.1) is 43.3 Å². The largest absolute Gasteiger partial charge is 0.431 e. The molecule has 0 fully saturated rings. The number of allylic oxidation sites excluding steroid dienone is 1. The van der Waals surface area contributed by atoms with Gasteiger partial charge in [0.25, 0.3) is 0 Å². The van der Waals surface area contributed by atoms with Gasteiger partial charge in [-0.2, -0.15) is 30.7 Å². The van der Waals surface area contributed by atoms with Crippen LogP contribution in [0.2, 0.25) is 15.1 Å². The zero-order chi connectivity index (χ0) is 27.8. The average molecular weight is 595 g/mol. The molecule has 0 radical (unpaired) electrons. The first-order chi connectivity index (χ1) is 17.8. The maximum atomic E-state index is 15.6. The Morgan fingerprint density at radius 3 is 1.82 bits per heavy atom. The van der Waals surface area contributed by atoms with E-state index in [1.807, 2.05) is 0 Å². The molecule has 1 N–H and O–H groups in total. The number of halogens is 10. The van der Waals surface area contributed by atoms with Crippen LogP contribution in [-0.2, 0) is 0 Å². The summed E-state index contributed by atoms with van der Waals surface area (Å²) in [6.07, 6.45) is -11.3. The minimum absolute atomic E-state index is 0.0338. The molecule has 4 rings (SSSR count). The number of rotatable bonds is 5. The summed E-state index contributed by atoms with van der Waals surface area (Å²) in [6, 6.07) is 16.0. The second-order valence-electron chi connectivity index (χ2n) is 7.69. The van der Waals surface area contributed by atoms with Crippen molar-refractivity contribution in [2.45, 2.75) is 12.4 Å². The average Bonchev–Trinajstić information content (AvgIpc) is 2.83. The van der Waals surface area contributed by atoms with E-state index in [4.69, 9.17) is 34.8 Å².